The van der Waals surface area contributed by atoms with Gasteiger partial charge in [-0.05, 0) is 38.3 Å². The van der Waals surface area contributed by atoms with Crippen LogP contribution in [0.2, 0.25) is 0 Å². The van der Waals surface area contributed by atoms with Crippen molar-refractivity contribution in [2.45, 2.75) is 57.9 Å². The van der Waals surface area contributed by atoms with Gasteiger partial charge in [0.2, 0.25) is 0 Å². The van der Waals surface area contributed by atoms with Crippen molar-refractivity contribution < 1.29 is 0 Å². The van der Waals surface area contributed by atoms with E-state index in [-0.39, 0.29) is 10.9 Å². The van der Waals surface area contributed by atoms with Crippen molar-refractivity contribution in [1.82, 2.24) is 9.55 Å². The Morgan fingerprint density at radius 2 is 1.90 bits per heavy atom. The van der Waals surface area contributed by atoms with E-state index in [9.17, 15) is 5.26 Å². The first kappa shape index (κ1) is 15.9. The van der Waals surface area contributed by atoms with Gasteiger partial charge < -0.3 is 4.57 Å². The molecule has 1 unspecified atom stereocenters. The Hall–Kier alpha value is -1.53. The first-order valence-electron chi connectivity index (χ1n) is 7.60. The second-order valence-electron chi connectivity index (χ2n) is 5.49. The molecule has 2 aromatic rings. The molecule has 21 heavy (non-hydrogen) atoms. The molecule has 0 saturated carbocycles. The van der Waals surface area contributed by atoms with E-state index in [0.29, 0.717) is 5.56 Å². The van der Waals surface area contributed by atoms with E-state index in [1.54, 1.807) is 0 Å². The van der Waals surface area contributed by atoms with Crippen LogP contribution in [0.5, 0.6) is 0 Å². The van der Waals surface area contributed by atoms with Gasteiger partial charge in [0.15, 0.2) is 0 Å². The van der Waals surface area contributed by atoms with Gasteiger partial charge in [0.05, 0.1) is 16.5 Å². The van der Waals surface area contributed by atoms with Gasteiger partial charge in [0.25, 0.3) is 0 Å². The average molecular weight is 304 g/mol. The summed E-state index contributed by atoms with van der Waals surface area (Å²) in [6.45, 7) is 8.55. The van der Waals surface area contributed by atoms with Crippen LogP contribution in [-0.2, 0) is 5.54 Å². The lowest BCUT2D eigenvalue weighted by Gasteiger charge is -2.35. The molecular weight excluding hydrogens is 282 g/mol. The molecule has 0 saturated heterocycles. The van der Waals surface area contributed by atoms with Gasteiger partial charge in [-0.25, -0.2) is 4.98 Å². The van der Waals surface area contributed by atoms with E-state index < -0.39 is 0 Å². The number of alkyl halides is 1. The molecule has 112 valence electrons. The van der Waals surface area contributed by atoms with Crippen molar-refractivity contribution in [3.05, 3.63) is 29.6 Å². The molecule has 4 heteroatoms. The molecule has 0 aliphatic heterocycles. The van der Waals surface area contributed by atoms with E-state index in [2.05, 4.69) is 31.4 Å². The van der Waals surface area contributed by atoms with Crippen molar-refractivity contribution >= 4 is 22.6 Å². The summed E-state index contributed by atoms with van der Waals surface area (Å²) in [5, 5.41) is 9.13. The predicted molar refractivity (Wildman–Crippen MR) is 87.6 cm³/mol. The first-order chi connectivity index (χ1) is 10.0. The Balaban J connectivity index is 2.89. The molecule has 1 aromatic carbocycles. The van der Waals surface area contributed by atoms with Crippen LogP contribution in [0.1, 0.15) is 63.7 Å². The van der Waals surface area contributed by atoms with Gasteiger partial charge in [0, 0.05) is 5.54 Å². The molecule has 0 fully saturated rings. The zero-order valence-electron chi connectivity index (χ0n) is 13.2. The van der Waals surface area contributed by atoms with Crippen LogP contribution >= 0.6 is 11.6 Å². The Morgan fingerprint density at radius 1 is 1.29 bits per heavy atom. The summed E-state index contributed by atoms with van der Waals surface area (Å²) < 4.78 is 2.28. The molecule has 0 aliphatic carbocycles. The largest absolute Gasteiger partial charge is 0.320 e. The second kappa shape index (κ2) is 6.07. The summed E-state index contributed by atoms with van der Waals surface area (Å²) in [7, 11) is 0. The Labute approximate surface area is 131 Å². The third-order valence-corrected chi connectivity index (χ3v) is 4.83. The van der Waals surface area contributed by atoms with E-state index in [4.69, 9.17) is 16.6 Å². The quantitative estimate of drug-likeness (QED) is 0.718. The van der Waals surface area contributed by atoms with Gasteiger partial charge in [0.1, 0.15) is 17.4 Å². The van der Waals surface area contributed by atoms with Crippen molar-refractivity contribution in [2.24, 2.45) is 0 Å². The number of aromatic nitrogens is 2. The van der Waals surface area contributed by atoms with E-state index >= 15 is 0 Å². The number of halogens is 1. The summed E-state index contributed by atoms with van der Waals surface area (Å²) >= 11 is 6.39. The highest BCUT2D eigenvalue weighted by Crippen LogP contribution is 2.37. The lowest BCUT2D eigenvalue weighted by molar-refractivity contribution is 0.251. The van der Waals surface area contributed by atoms with Gasteiger partial charge in [-0.15, -0.1) is 11.6 Å². The van der Waals surface area contributed by atoms with Gasteiger partial charge in [-0.2, -0.15) is 5.26 Å². The lowest BCUT2D eigenvalue weighted by atomic mass is 9.88. The normalized spacial score (nSPS) is 13.3. The third kappa shape index (κ3) is 2.42. The molecule has 0 N–H and O–H groups in total. The highest BCUT2D eigenvalue weighted by atomic mass is 35.5. The summed E-state index contributed by atoms with van der Waals surface area (Å²) in [4.78, 5) is 4.70. The van der Waals surface area contributed by atoms with Crippen molar-refractivity contribution in [1.29, 1.82) is 5.26 Å². The van der Waals surface area contributed by atoms with E-state index in [1.807, 2.05) is 25.1 Å². The topological polar surface area (TPSA) is 41.6 Å². The smallest absolute Gasteiger partial charge is 0.128 e. The maximum absolute atomic E-state index is 9.32. The molecule has 0 bridgehead atoms. The molecule has 0 amide bonds. The molecule has 0 radical (unpaired) electrons. The minimum absolute atomic E-state index is 0.00130. The van der Waals surface area contributed by atoms with Crippen LogP contribution in [0.25, 0.3) is 11.0 Å². The number of nitriles is 1. The Bertz CT molecular complexity index is 667. The number of rotatable bonds is 5. The number of imidazole rings is 1. The zero-order chi connectivity index (χ0) is 15.6. The summed E-state index contributed by atoms with van der Waals surface area (Å²) in [5.41, 5.74) is 2.40. The molecule has 1 heterocycles. The zero-order valence-corrected chi connectivity index (χ0v) is 13.9. The van der Waals surface area contributed by atoms with Crippen molar-refractivity contribution in [2.75, 3.05) is 0 Å². The molecule has 2 rings (SSSR count). The van der Waals surface area contributed by atoms with Crippen molar-refractivity contribution in [3.8, 4) is 6.07 Å². The molecular formula is C17H22ClN3. The highest BCUT2D eigenvalue weighted by molar-refractivity contribution is 6.20. The fourth-order valence-corrected chi connectivity index (χ4v) is 3.34. The summed E-state index contributed by atoms with van der Waals surface area (Å²) in [6, 6.07) is 8.02. The fraction of sp³-hybridized carbons (Fsp3) is 0.529. The minimum Gasteiger partial charge on any atom is -0.320 e. The van der Waals surface area contributed by atoms with Crippen LogP contribution in [0.4, 0.5) is 0 Å². The average Bonchev–Trinajstić information content (AvgIpc) is 2.90. The SMILES string of the molecule is CCC(CC)(CC)n1c(C(C)Cl)nc2c(C#N)cccc21. The van der Waals surface area contributed by atoms with Crippen LogP contribution in [0.3, 0.4) is 0 Å². The second-order valence-corrected chi connectivity index (χ2v) is 6.15. The standard InChI is InChI=1S/C17H22ClN3/c1-5-17(6-2,7-3)21-14-10-8-9-13(11-19)15(14)20-16(21)12(4)18/h8-10,12H,5-7H2,1-4H3. The van der Waals surface area contributed by atoms with Crippen LogP contribution < -0.4 is 0 Å². The molecule has 1 aromatic heterocycles. The number of benzene rings is 1. The number of para-hydroxylation sites is 1. The number of fused-ring (bicyclic) bond motifs is 1. The summed E-state index contributed by atoms with van der Waals surface area (Å²) in [6.07, 6.45) is 3.04. The Morgan fingerprint density at radius 3 is 2.38 bits per heavy atom. The highest BCUT2D eigenvalue weighted by Gasteiger charge is 2.32. The molecule has 3 nitrogen and oxygen atoms in total. The molecule has 0 aliphatic rings. The van der Waals surface area contributed by atoms with E-state index in [0.717, 1.165) is 36.1 Å². The maximum Gasteiger partial charge on any atom is 0.128 e. The van der Waals surface area contributed by atoms with Gasteiger partial charge >= 0.3 is 0 Å². The number of nitrogens with zero attached hydrogens (tertiary/aromatic N) is 3. The minimum atomic E-state index is -0.187. The monoisotopic (exact) mass is 303 g/mol. The molecule has 1 atom stereocenters. The van der Waals surface area contributed by atoms with Gasteiger partial charge in [-0.3, -0.25) is 0 Å². The van der Waals surface area contributed by atoms with Crippen LogP contribution in [0.15, 0.2) is 18.2 Å². The lowest BCUT2D eigenvalue weighted by Crippen LogP contribution is -2.33. The molecule has 0 spiro atoms. The van der Waals surface area contributed by atoms with Gasteiger partial charge in [-0.1, -0.05) is 26.8 Å². The first-order valence-corrected chi connectivity index (χ1v) is 8.04. The number of hydrogen-bond donors (Lipinski definition) is 0. The predicted octanol–water partition coefficient (Wildman–Crippen LogP) is 5.13. The van der Waals surface area contributed by atoms with Crippen LogP contribution in [0, 0.1) is 11.3 Å². The summed E-state index contributed by atoms with van der Waals surface area (Å²) in [5.74, 6) is 0.861. The third-order valence-electron chi connectivity index (χ3n) is 4.64. The van der Waals surface area contributed by atoms with Crippen LogP contribution in [-0.4, -0.2) is 9.55 Å². The number of hydrogen-bond acceptors (Lipinski definition) is 2. The fourth-order valence-electron chi connectivity index (χ4n) is 3.20. The van der Waals surface area contributed by atoms with Crippen molar-refractivity contribution in [3.63, 3.8) is 0 Å². The maximum atomic E-state index is 9.32. The van der Waals surface area contributed by atoms with E-state index in [1.165, 1.54) is 0 Å². The Kier molecular flexibility index (Phi) is 4.58.